The third-order valence-electron chi connectivity index (χ3n) is 3.93. The molecule has 0 saturated carbocycles. The molecule has 22 heavy (non-hydrogen) atoms. The lowest BCUT2D eigenvalue weighted by molar-refractivity contribution is 0.0973. The summed E-state index contributed by atoms with van der Waals surface area (Å²) < 4.78 is 0. The van der Waals surface area contributed by atoms with E-state index in [0.29, 0.717) is 41.9 Å². The molecule has 1 heterocycles. The number of Topliss-reactive ketones (excluding diaryl/α,β-unsaturated/α-hetero) is 1. The second kappa shape index (κ2) is 5.64. The minimum atomic E-state index is -0.0974. The SMILES string of the molecule is Cc1ccc2c(c1)C(=O)CCCN2C(=O)c1ccc(N)cc1. The lowest BCUT2D eigenvalue weighted by Gasteiger charge is -2.23. The van der Waals surface area contributed by atoms with Gasteiger partial charge in [0.1, 0.15) is 0 Å². The van der Waals surface area contributed by atoms with Gasteiger partial charge in [-0.15, -0.1) is 0 Å². The maximum Gasteiger partial charge on any atom is 0.258 e. The van der Waals surface area contributed by atoms with Gasteiger partial charge in [-0.25, -0.2) is 0 Å². The normalized spacial score (nSPS) is 14.4. The molecule has 0 unspecified atom stereocenters. The van der Waals surface area contributed by atoms with Crippen molar-refractivity contribution in [3.05, 3.63) is 59.2 Å². The molecular weight excluding hydrogens is 276 g/mol. The Hall–Kier alpha value is -2.62. The van der Waals surface area contributed by atoms with Gasteiger partial charge in [-0.05, 0) is 49.7 Å². The van der Waals surface area contributed by atoms with Gasteiger partial charge in [0.05, 0.1) is 5.69 Å². The summed E-state index contributed by atoms with van der Waals surface area (Å²) in [5, 5.41) is 0. The summed E-state index contributed by atoms with van der Waals surface area (Å²) in [6.07, 6.45) is 1.15. The molecule has 4 heteroatoms. The van der Waals surface area contributed by atoms with Crippen molar-refractivity contribution in [2.24, 2.45) is 0 Å². The van der Waals surface area contributed by atoms with Crippen molar-refractivity contribution in [1.82, 2.24) is 0 Å². The zero-order valence-electron chi connectivity index (χ0n) is 12.5. The Kier molecular flexibility index (Phi) is 3.67. The Labute approximate surface area is 129 Å². The van der Waals surface area contributed by atoms with Gasteiger partial charge >= 0.3 is 0 Å². The Morgan fingerprint density at radius 2 is 1.86 bits per heavy atom. The molecule has 1 amide bonds. The van der Waals surface area contributed by atoms with Gasteiger partial charge in [0.25, 0.3) is 5.91 Å². The molecule has 2 N–H and O–H groups in total. The molecule has 0 radical (unpaired) electrons. The van der Waals surface area contributed by atoms with Crippen LogP contribution < -0.4 is 10.6 Å². The minimum absolute atomic E-state index is 0.0974. The number of hydrogen-bond acceptors (Lipinski definition) is 3. The van der Waals surface area contributed by atoms with Crippen molar-refractivity contribution in [2.75, 3.05) is 17.2 Å². The van der Waals surface area contributed by atoms with Crippen molar-refractivity contribution >= 4 is 23.1 Å². The summed E-state index contributed by atoms with van der Waals surface area (Å²) in [5.74, 6) is 0.00566. The molecule has 0 atom stereocenters. The first kappa shape index (κ1) is 14.3. The van der Waals surface area contributed by atoms with E-state index in [1.807, 2.05) is 25.1 Å². The van der Waals surface area contributed by atoms with Crippen LogP contribution in [0, 0.1) is 6.92 Å². The summed E-state index contributed by atoms with van der Waals surface area (Å²) in [5.41, 5.74) is 9.24. The number of hydrogen-bond donors (Lipinski definition) is 1. The Balaban J connectivity index is 2.03. The third kappa shape index (κ3) is 2.60. The van der Waals surface area contributed by atoms with Crippen LogP contribution in [0.25, 0.3) is 0 Å². The van der Waals surface area contributed by atoms with E-state index in [4.69, 9.17) is 5.73 Å². The number of aryl methyl sites for hydroxylation is 1. The smallest absolute Gasteiger partial charge is 0.258 e. The van der Waals surface area contributed by atoms with E-state index in [2.05, 4.69) is 0 Å². The van der Waals surface area contributed by atoms with Crippen LogP contribution in [0.3, 0.4) is 0 Å². The van der Waals surface area contributed by atoms with Crippen LogP contribution in [0.4, 0.5) is 11.4 Å². The number of ketones is 1. The fourth-order valence-corrected chi connectivity index (χ4v) is 2.75. The Bertz CT molecular complexity index is 735. The molecule has 0 aromatic heterocycles. The number of benzene rings is 2. The maximum atomic E-state index is 12.8. The number of amides is 1. The van der Waals surface area contributed by atoms with E-state index in [1.54, 1.807) is 29.2 Å². The molecule has 2 aromatic carbocycles. The first-order valence-electron chi connectivity index (χ1n) is 7.37. The van der Waals surface area contributed by atoms with Crippen molar-refractivity contribution in [3.63, 3.8) is 0 Å². The highest BCUT2D eigenvalue weighted by atomic mass is 16.2. The predicted molar refractivity (Wildman–Crippen MR) is 87.3 cm³/mol. The quantitative estimate of drug-likeness (QED) is 0.821. The van der Waals surface area contributed by atoms with E-state index in [9.17, 15) is 9.59 Å². The number of fused-ring (bicyclic) bond motifs is 1. The molecule has 112 valence electrons. The van der Waals surface area contributed by atoms with Crippen LogP contribution in [0.5, 0.6) is 0 Å². The number of carbonyl (C=O) groups is 2. The summed E-state index contributed by atoms with van der Waals surface area (Å²) in [7, 11) is 0. The van der Waals surface area contributed by atoms with E-state index in [1.165, 1.54) is 0 Å². The maximum absolute atomic E-state index is 12.8. The van der Waals surface area contributed by atoms with Crippen molar-refractivity contribution in [2.45, 2.75) is 19.8 Å². The van der Waals surface area contributed by atoms with Gasteiger partial charge in [-0.3, -0.25) is 9.59 Å². The minimum Gasteiger partial charge on any atom is -0.399 e. The molecular formula is C18H18N2O2. The van der Waals surface area contributed by atoms with Crippen LogP contribution in [0.2, 0.25) is 0 Å². The van der Waals surface area contributed by atoms with E-state index >= 15 is 0 Å². The van der Waals surface area contributed by atoms with Crippen LogP contribution >= 0.6 is 0 Å². The zero-order valence-corrected chi connectivity index (χ0v) is 12.5. The third-order valence-corrected chi connectivity index (χ3v) is 3.93. The molecule has 1 aliphatic rings. The summed E-state index contributed by atoms with van der Waals surface area (Å²) >= 11 is 0. The topological polar surface area (TPSA) is 63.4 Å². The first-order chi connectivity index (χ1) is 10.6. The van der Waals surface area contributed by atoms with Crippen molar-refractivity contribution < 1.29 is 9.59 Å². The lowest BCUT2D eigenvalue weighted by atomic mass is 10.0. The molecule has 0 spiro atoms. The van der Waals surface area contributed by atoms with Crippen molar-refractivity contribution in [3.8, 4) is 0 Å². The van der Waals surface area contributed by atoms with E-state index in [-0.39, 0.29) is 11.7 Å². The predicted octanol–water partition coefficient (Wildman–Crippen LogP) is 3.20. The van der Waals surface area contributed by atoms with Gasteiger partial charge in [-0.1, -0.05) is 11.6 Å². The molecule has 1 aliphatic heterocycles. The molecule has 0 fully saturated rings. The highest BCUT2D eigenvalue weighted by molar-refractivity contribution is 6.11. The highest BCUT2D eigenvalue weighted by Gasteiger charge is 2.25. The standard InChI is InChI=1S/C18H18N2O2/c1-12-4-9-16-15(11-12)17(21)3-2-10-20(16)18(22)13-5-7-14(19)8-6-13/h4-9,11H,2-3,10,19H2,1H3. The Morgan fingerprint density at radius 1 is 1.14 bits per heavy atom. The number of carbonyl (C=O) groups excluding carboxylic acids is 2. The molecule has 0 aliphatic carbocycles. The monoisotopic (exact) mass is 294 g/mol. The van der Waals surface area contributed by atoms with Crippen molar-refractivity contribution in [1.29, 1.82) is 0 Å². The Morgan fingerprint density at radius 3 is 2.59 bits per heavy atom. The largest absolute Gasteiger partial charge is 0.399 e. The molecule has 2 aromatic rings. The molecule has 0 saturated heterocycles. The van der Waals surface area contributed by atoms with Crippen LogP contribution in [-0.4, -0.2) is 18.2 Å². The average molecular weight is 294 g/mol. The summed E-state index contributed by atoms with van der Waals surface area (Å²) in [6, 6.07) is 12.5. The number of nitrogens with two attached hydrogens (primary N) is 1. The van der Waals surface area contributed by atoms with Crippen LogP contribution in [-0.2, 0) is 0 Å². The van der Waals surface area contributed by atoms with Crippen LogP contribution in [0.1, 0.15) is 39.1 Å². The van der Waals surface area contributed by atoms with Gasteiger partial charge in [0.2, 0.25) is 0 Å². The first-order valence-corrected chi connectivity index (χ1v) is 7.37. The number of nitrogen functional groups attached to an aromatic ring is 1. The summed E-state index contributed by atoms with van der Waals surface area (Å²) in [6.45, 7) is 2.50. The molecule has 0 bridgehead atoms. The summed E-state index contributed by atoms with van der Waals surface area (Å²) in [4.78, 5) is 26.7. The van der Waals surface area contributed by atoms with Crippen LogP contribution in [0.15, 0.2) is 42.5 Å². The molecule has 4 nitrogen and oxygen atoms in total. The van der Waals surface area contributed by atoms with E-state index < -0.39 is 0 Å². The van der Waals surface area contributed by atoms with E-state index in [0.717, 1.165) is 5.56 Å². The second-order valence-electron chi connectivity index (χ2n) is 5.63. The number of nitrogens with zero attached hydrogens (tertiary/aromatic N) is 1. The van der Waals surface area contributed by atoms with Gasteiger partial charge < -0.3 is 10.6 Å². The lowest BCUT2D eigenvalue weighted by Crippen LogP contribution is -2.31. The second-order valence-corrected chi connectivity index (χ2v) is 5.63. The molecule has 3 rings (SSSR count). The van der Waals surface area contributed by atoms with Gasteiger partial charge in [0, 0.05) is 29.8 Å². The van der Waals surface area contributed by atoms with Gasteiger partial charge in [0.15, 0.2) is 5.78 Å². The average Bonchev–Trinajstić information content (AvgIpc) is 2.67. The fourth-order valence-electron chi connectivity index (χ4n) is 2.75. The fraction of sp³-hybridized carbons (Fsp3) is 0.222. The van der Waals surface area contributed by atoms with Gasteiger partial charge in [-0.2, -0.15) is 0 Å². The number of rotatable bonds is 1. The zero-order chi connectivity index (χ0) is 15.7. The number of anilines is 2. The highest BCUT2D eigenvalue weighted by Crippen LogP contribution is 2.28.